The van der Waals surface area contributed by atoms with Gasteiger partial charge in [-0.15, -0.1) is 0 Å². The summed E-state index contributed by atoms with van der Waals surface area (Å²) in [7, 11) is 1.10. The molecule has 4 aliphatic rings. The molecule has 2 aromatic carbocycles. The first kappa shape index (κ1) is 60.1. The Hall–Kier alpha value is -8.15. The van der Waals surface area contributed by atoms with E-state index in [1.54, 1.807) is 22.9 Å². The maximum Gasteiger partial charge on any atom is 0.423 e. The predicted molar refractivity (Wildman–Crippen MR) is 292 cm³/mol. The van der Waals surface area contributed by atoms with Gasteiger partial charge in [0.15, 0.2) is 11.6 Å². The average Bonchev–Trinajstić information content (AvgIpc) is 4.36. The topological polar surface area (TPSA) is 326 Å². The van der Waals surface area contributed by atoms with Crippen LogP contribution < -0.4 is 27.8 Å². The number of fused-ring (bicyclic) bond motifs is 2. The number of hydrogen-bond acceptors (Lipinski definition) is 17. The number of anilines is 2. The van der Waals surface area contributed by atoms with Gasteiger partial charge in [-0.1, -0.05) is 27.7 Å². The molecule has 0 radical (unpaired) electrons. The number of nitrogens with zero attached hydrogens (tertiary/aromatic N) is 6. The number of aryl methyl sites for hydroxylation is 2. The van der Waals surface area contributed by atoms with Gasteiger partial charge in [0.05, 0.1) is 63.5 Å². The fourth-order valence-corrected chi connectivity index (χ4v) is 9.59. The third-order valence-electron chi connectivity index (χ3n) is 13.3. The molecule has 8 N–H and O–H groups in total. The van der Waals surface area contributed by atoms with Crippen molar-refractivity contribution in [2.75, 3.05) is 70.3 Å². The number of methoxy groups -OCH3 is 1. The molecule has 79 heavy (non-hydrogen) atoms. The van der Waals surface area contributed by atoms with Crippen molar-refractivity contribution in [1.29, 1.82) is 0 Å². The van der Waals surface area contributed by atoms with Crippen LogP contribution in [0.15, 0.2) is 60.7 Å². The Morgan fingerprint density at radius 1 is 0.595 bits per heavy atom. The van der Waals surface area contributed by atoms with E-state index in [9.17, 15) is 43.2 Å². The van der Waals surface area contributed by atoms with E-state index >= 15 is 0 Å². The Bertz CT molecular complexity index is 3040. The Labute approximate surface area is 458 Å². The molecule has 4 heterocycles. The fraction of sp³-hybridized carbons (Fsp3) is 0.446. The molecule has 7 amide bonds. The number of aromatic nitrogens is 4. The highest BCUT2D eigenvalue weighted by molar-refractivity contribution is 6.21. The van der Waals surface area contributed by atoms with Crippen LogP contribution in [-0.2, 0) is 46.2 Å². The molecule has 2 aliphatic heterocycles. The van der Waals surface area contributed by atoms with Crippen molar-refractivity contribution in [3.05, 3.63) is 106 Å². The van der Waals surface area contributed by atoms with E-state index in [0.717, 1.165) is 79.0 Å². The summed E-state index contributed by atoms with van der Waals surface area (Å²) in [6.07, 6.45) is 8.97. The standard InChI is InChI=1S/C27H33N5O5.C23H33N5O3.C6H5NO4/c1-17-25-21(15-27(2,3)16-22(25)33)32(30-17)18-6-7-19(26(28)36)20(14-18)29-10-4-12-37-13-5-11-31-23(34)8-9-24(31)35;1-15-21-19(13-23(2,3)14-20(21)29)28(27-15)16-6-7-17(22(25)30)18(12-16)26-9-5-11-31-10-4-8-24;1-11-6(10)7-4(8)2-3-5(7)9/h6-9,14,29H,4-5,10-13,15-16H2,1-3H3,(H2,28,36);6-7,12,26H,4-5,8-11,13-14,24H2,1-3H3,(H2,25,30);2-3H,1H3. The molecule has 4 aromatic rings. The fourth-order valence-electron chi connectivity index (χ4n) is 9.59. The Balaban J connectivity index is 0.000000216. The zero-order valence-electron chi connectivity index (χ0n) is 45.9. The van der Waals surface area contributed by atoms with Gasteiger partial charge in [0.1, 0.15) is 0 Å². The minimum absolute atomic E-state index is 0.109. The number of ether oxygens (including phenoxy) is 3. The van der Waals surface area contributed by atoms with Crippen LogP contribution in [0.1, 0.15) is 130 Å². The normalized spacial score (nSPS) is 15.8. The van der Waals surface area contributed by atoms with Crippen LogP contribution in [-0.4, -0.2) is 142 Å². The largest absolute Gasteiger partial charge is 0.452 e. The van der Waals surface area contributed by atoms with E-state index in [1.807, 2.05) is 36.7 Å². The average molecular weight is 1090 g/mol. The van der Waals surface area contributed by atoms with Crippen molar-refractivity contribution in [2.24, 2.45) is 28.0 Å². The summed E-state index contributed by atoms with van der Waals surface area (Å²) < 4.78 is 18.9. The van der Waals surface area contributed by atoms with Gasteiger partial charge in [0.25, 0.3) is 35.4 Å². The van der Waals surface area contributed by atoms with Crippen LogP contribution in [0.25, 0.3) is 11.4 Å². The maximum atomic E-state index is 12.8. The molecule has 8 rings (SSSR count). The molecule has 0 atom stereocenters. The lowest BCUT2D eigenvalue weighted by Crippen LogP contribution is -2.35. The Kier molecular flexibility index (Phi) is 20.1. The SMILES string of the molecule is COC(=O)N1C(=O)C=CC1=O.Cc1nn(-c2ccc(C(N)=O)c(NCCCOCCCN)c2)c2c1C(=O)CC(C)(C)C2.Cc1nn(-c2ccc(C(N)=O)c(NCCCOCCCN3C(=O)C=CC3=O)c2)c2c1C(=O)CC(C)(C)C2. The number of amides is 7. The summed E-state index contributed by atoms with van der Waals surface area (Å²) in [4.78, 5) is 106. The zero-order valence-corrected chi connectivity index (χ0v) is 45.9. The number of carbonyl (C=O) groups is 9. The van der Waals surface area contributed by atoms with Gasteiger partial charge in [-0.3, -0.25) is 43.3 Å². The molecule has 0 saturated carbocycles. The number of rotatable bonds is 21. The number of nitrogens with one attached hydrogen (secondary N) is 2. The molecule has 0 bridgehead atoms. The number of primary amides is 2. The number of Topliss-reactive ketones (excluding diaryl/α,β-unsaturated/α-hetero) is 2. The van der Waals surface area contributed by atoms with Crippen LogP contribution >= 0.6 is 0 Å². The molecule has 0 saturated heterocycles. The van der Waals surface area contributed by atoms with Gasteiger partial charge in [-0.05, 0) is 106 Å². The highest BCUT2D eigenvalue weighted by Crippen LogP contribution is 2.39. The second kappa shape index (κ2) is 26.5. The summed E-state index contributed by atoms with van der Waals surface area (Å²) in [6.45, 7) is 16.4. The second-order valence-corrected chi connectivity index (χ2v) is 21.0. The lowest BCUT2D eigenvalue weighted by Gasteiger charge is -2.29. The second-order valence-electron chi connectivity index (χ2n) is 21.0. The van der Waals surface area contributed by atoms with Gasteiger partial charge in [0.2, 0.25) is 0 Å². The van der Waals surface area contributed by atoms with E-state index in [0.29, 0.717) is 117 Å². The molecule has 0 unspecified atom stereocenters. The van der Waals surface area contributed by atoms with Gasteiger partial charge in [0, 0.05) is 94.6 Å². The number of carbonyl (C=O) groups excluding carboxylic acids is 9. The third-order valence-corrected chi connectivity index (χ3v) is 13.3. The van der Waals surface area contributed by atoms with Crippen LogP contribution in [0.5, 0.6) is 0 Å². The number of hydrogen-bond donors (Lipinski definition) is 5. The Morgan fingerprint density at radius 2 is 1.00 bits per heavy atom. The molecule has 422 valence electrons. The van der Waals surface area contributed by atoms with Crippen LogP contribution in [0, 0.1) is 24.7 Å². The van der Waals surface area contributed by atoms with Gasteiger partial charge in [-0.2, -0.15) is 15.1 Å². The van der Waals surface area contributed by atoms with Crippen molar-refractivity contribution in [1.82, 2.24) is 29.4 Å². The highest BCUT2D eigenvalue weighted by atomic mass is 16.5. The molecule has 2 aliphatic carbocycles. The first-order valence-corrected chi connectivity index (χ1v) is 26.1. The van der Waals surface area contributed by atoms with E-state index < -0.39 is 29.7 Å². The molecular weight excluding hydrogens is 1020 g/mol. The minimum atomic E-state index is -0.954. The first-order chi connectivity index (χ1) is 37.5. The molecule has 0 spiro atoms. The van der Waals surface area contributed by atoms with Gasteiger partial charge in [-0.25, -0.2) is 14.2 Å². The van der Waals surface area contributed by atoms with Crippen molar-refractivity contribution >= 4 is 64.5 Å². The van der Waals surface area contributed by atoms with Crippen molar-refractivity contribution in [3.8, 4) is 11.4 Å². The lowest BCUT2D eigenvalue weighted by atomic mass is 9.75. The minimum Gasteiger partial charge on any atom is -0.452 e. The summed E-state index contributed by atoms with van der Waals surface area (Å²) >= 11 is 0. The van der Waals surface area contributed by atoms with E-state index in [2.05, 4.69) is 53.3 Å². The van der Waals surface area contributed by atoms with Crippen molar-refractivity contribution in [2.45, 2.75) is 92.9 Å². The first-order valence-electron chi connectivity index (χ1n) is 26.1. The Morgan fingerprint density at radius 3 is 1.41 bits per heavy atom. The lowest BCUT2D eigenvalue weighted by molar-refractivity contribution is -0.137. The highest BCUT2D eigenvalue weighted by Gasteiger charge is 2.37. The van der Waals surface area contributed by atoms with Gasteiger partial charge < -0.3 is 42.0 Å². The summed E-state index contributed by atoms with van der Waals surface area (Å²) in [5.41, 5.74) is 24.6. The van der Waals surface area contributed by atoms with Crippen LogP contribution in [0.3, 0.4) is 0 Å². The van der Waals surface area contributed by atoms with Crippen LogP contribution in [0.2, 0.25) is 0 Å². The van der Waals surface area contributed by atoms with Crippen LogP contribution in [0.4, 0.5) is 16.2 Å². The molecular formula is C56H71N11O12. The predicted octanol–water partition coefficient (Wildman–Crippen LogP) is 4.85. The molecule has 23 heteroatoms. The summed E-state index contributed by atoms with van der Waals surface area (Å²) in [5.74, 6) is -2.70. The van der Waals surface area contributed by atoms with E-state index in [-0.39, 0.29) is 34.2 Å². The number of ketones is 2. The summed E-state index contributed by atoms with van der Waals surface area (Å²) in [5, 5.41) is 15.9. The molecule has 23 nitrogen and oxygen atoms in total. The zero-order chi connectivity index (χ0) is 57.8. The van der Waals surface area contributed by atoms with Gasteiger partial charge >= 0.3 is 6.09 Å². The third kappa shape index (κ3) is 15.1. The maximum absolute atomic E-state index is 12.8. The molecule has 2 aromatic heterocycles. The number of imide groups is 4. The molecule has 0 fully saturated rings. The quantitative estimate of drug-likeness (QED) is 0.0550. The van der Waals surface area contributed by atoms with E-state index in [4.69, 9.17) is 26.7 Å². The number of benzene rings is 2. The smallest absolute Gasteiger partial charge is 0.423 e. The van der Waals surface area contributed by atoms with Crippen molar-refractivity contribution < 1.29 is 57.4 Å². The summed E-state index contributed by atoms with van der Waals surface area (Å²) in [6, 6.07) is 10.7. The van der Waals surface area contributed by atoms with Crippen molar-refractivity contribution in [3.63, 3.8) is 0 Å². The van der Waals surface area contributed by atoms with E-state index in [1.165, 1.54) is 17.1 Å². The monoisotopic (exact) mass is 1090 g/mol. The number of nitrogens with two attached hydrogens (primary N) is 3.